The summed E-state index contributed by atoms with van der Waals surface area (Å²) in [5.41, 5.74) is 4.41. The molecule has 0 N–H and O–H groups in total. The van der Waals surface area contributed by atoms with E-state index in [0.717, 1.165) is 29.8 Å². The van der Waals surface area contributed by atoms with Crippen molar-refractivity contribution >= 4 is 21.5 Å². The summed E-state index contributed by atoms with van der Waals surface area (Å²) in [6.07, 6.45) is 15.2. The Kier molecular flexibility index (Phi) is 5.95. The summed E-state index contributed by atoms with van der Waals surface area (Å²) in [6, 6.07) is 18.6. The fourth-order valence-corrected chi connectivity index (χ4v) is 4.61. The Morgan fingerprint density at radius 3 is 2.31 bits per heavy atom. The zero-order valence-electron chi connectivity index (χ0n) is 17.9. The Hall–Kier alpha value is -3.11. The molecule has 0 bridgehead atoms. The number of hydrogen-bond acceptors (Lipinski definition) is 3. The van der Waals surface area contributed by atoms with Crippen LogP contribution in [0, 0.1) is 5.92 Å². The van der Waals surface area contributed by atoms with E-state index in [1.807, 2.05) is 18.2 Å². The maximum Gasteiger partial charge on any atom is 0.163 e. The number of nitrogens with zero attached hydrogens (tertiary/aromatic N) is 3. The molecule has 2 aliphatic carbocycles. The second-order valence-corrected chi connectivity index (χ2v) is 9.25. The summed E-state index contributed by atoms with van der Waals surface area (Å²) in [6.45, 7) is 2.21. The van der Waals surface area contributed by atoms with Crippen LogP contribution in [-0.2, 0) is 0 Å². The largest absolute Gasteiger partial charge is 0.212 e. The molecule has 3 nitrogen and oxygen atoms in total. The maximum atomic E-state index is 4.95. The third kappa shape index (κ3) is 4.42. The van der Waals surface area contributed by atoms with E-state index >= 15 is 0 Å². The van der Waals surface area contributed by atoms with Crippen LogP contribution < -0.4 is 0 Å². The van der Waals surface area contributed by atoms with Crippen LogP contribution in [0.2, 0.25) is 0 Å². The van der Waals surface area contributed by atoms with Crippen LogP contribution in [0.4, 0.5) is 0 Å². The highest BCUT2D eigenvalue weighted by Crippen LogP contribution is 2.32. The minimum atomic E-state index is 0.132. The van der Waals surface area contributed by atoms with E-state index in [2.05, 4.69) is 95.7 Å². The van der Waals surface area contributed by atoms with Gasteiger partial charge in [-0.25, -0.2) is 15.0 Å². The first-order valence-electron chi connectivity index (χ1n) is 11.0. The second kappa shape index (κ2) is 9.17. The molecule has 0 spiro atoms. The lowest BCUT2D eigenvalue weighted by Gasteiger charge is -2.20. The van der Waals surface area contributed by atoms with Gasteiger partial charge in [-0.1, -0.05) is 102 Å². The molecule has 2 aliphatic rings. The summed E-state index contributed by atoms with van der Waals surface area (Å²) >= 11 is 3.66. The Morgan fingerprint density at radius 1 is 0.812 bits per heavy atom. The first-order chi connectivity index (χ1) is 15.7. The van der Waals surface area contributed by atoms with Gasteiger partial charge in [0.05, 0.1) is 0 Å². The Morgan fingerprint density at radius 2 is 1.53 bits per heavy atom. The van der Waals surface area contributed by atoms with Crippen LogP contribution in [0.25, 0.3) is 28.3 Å². The molecule has 2 atom stereocenters. The third-order valence-corrected chi connectivity index (χ3v) is 6.53. The average Bonchev–Trinajstić information content (AvgIpc) is 2.85. The SMILES string of the molecule is CC1C=CC=CC1c1nc(-c2ccccc2)nc(-c2cccc(C3=CCCC(Br)=C3)c2)n1. The predicted octanol–water partition coefficient (Wildman–Crippen LogP) is 7.51. The zero-order valence-corrected chi connectivity index (χ0v) is 19.5. The molecule has 1 heterocycles. The Bertz CT molecular complexity index is 1250. The topological polar surface area (TPSA) is 38.7 Å². The Labute approximate surface area is 197 Å². The van der Waals surface area contributed by atoms with Crippen molar-refractivity contribution in [2.75, 3.05) is 0 Å². The third-order valence-electron chi connectivity index (χ3n) is 5.91. The molecule has 0 fully saturated rings. The first kappa shape index (κ1) is 20.8. The van der Waals surface area contributed by atoms with Crippen molar-refractivity contribution in [1.82, 2.24) is 15.0 Å². The summed E-state index contributed by atoms with van der Waals surface area (Å²) in [5.74, 6) is 2.70. The van der Waals surface area contributed by atoms with Crippen molar-refractivity contribution in [2.45, 2.75) is 25.7 Å². The van der Waals surface area contributed by atoms with Gasteiger partial charge in [0.2, 0.25) is 0 Å². The molecule has 2 unspecified atom stereocenters. The van der Waals surface area contributed by atoms with Gasteiger partial charge in [0.1, 0.15) is 5.82 Å². The molecule has 0 saturated carbocycles. The van der Waals surface area contributed by atoms with E-state index in [4.69, 9.17) is 15.0 Å². The number of hydrogen-bond donors (Lipinski definition) is 0. The zero-order chi connectivity index (χ0) is 21.9. The lowest BCUT2D eigenvalue weighted by molar-refractivity contribution is 0.600. The molecule has 0 radical (unpaired) electrons. The molecule has 2 aromatic carbocycles. The standard InChI is InChI=1S/C28H24BrN3/c1-19-9-5-6-16-25(19)28-31-26(20-10-3-2-4-11-20)30-27(32-28)23-14-7-12-21(17-23)22-13-8-15-24(29)18-22/h2-7,9-14,16-19,25H,8,15H2,1H3. The van der Waals surface area contributed by atoms with Crippen LogP contribution in [0.15, 0.2) is 95.5 Å². The van der Waals surface area contributed by atoms with Gasteiger partial charge in [-0.3, -0.25) is 0 Å². The van der Waals surface area contributed by atoms with E-state index in [1.54, 1.807) is 0 Å². The highest BCUT2D eigenvalue weighted by atomic mass is 79.9. The van der Waals surface area contributed by atoms with E-state index in [0.29, 0.717) is 17.6 Å². The number of benzene rings is 2. The lowest BCUT2D eigenvalue weighted by atomic mass is 9.89. The van der Waals surface area contributed by atoms with Crippen LogP contribution in [0.1, 0.15) is 37.1 Å². The fourth-order valence-electron chi connectivity index (χ4n) is 4.13. The van der Waals surface area contributed by atoms with Crippen molar-refractivity contribution in [3.8, 4) is 22.8 Å². The van der Waals surface area contributed by atoms with Crippen molar-refractivity contribution < 1.29 is 0 Å². The number of allylic oxidation sites excluding steroid dienone is 8. The van der Waals surface area contributed by atoms with E-state index in [-0.39, 0.29) is 5.92 Å². The first-order valence-corrected chi connectivity index (χ1v) is 11.8. The minimum absolute atomic E-state index is 0.132. The van der Waals surface area contributed by atoms with Crippen molar-refractivity contribution in [3.63, 3.8) is 0 Å². The lowest BCUT2D eigenvalue weighted by Crippen LogP contribution is -2.13. The molecule has 3 aromatic rings. The molecule has 158 valence electrons. The molecule has 0 aliphatic heterocycles. The van der Waals surface area contributed by atoms with Crippen LogP contribution in [-0.4, -0.2) is 15.0 Å². The van der Waals surface area contributed by atoms with Gasteiger partial charge in [-0.05, 0) is 46.5 Å². The van der Waals surface area contributed by atoms with Gasteiger partial charge in [-0.2, -0.15) is 0 Å². The highest BCUT2D eigenvalue weighted by Gasteiger charge is 2.22. The summed E-state index contributed by atoms with van der Waals surface area (Å²) in [7, 11) is 0. The van der Waals surface area contributed by atoms with Gasteiger partial charge in [0, 0.05) is 17.0 Å². The summed E-state index contributed by atoms with van der Waals surface area (Å²) in [4.78, 5) is 14.7. The molecule has 1 aromatic heterocycles. The molecule has 32 heavy (non-hydrogen) atoms. The maximum absolute atomic E-state index is 4.95. The quantitative estimate of drug-likeness (QED) is 0.386. The van der Waals surface area contributed by atoms with Crippen LogP contribution in [0.5, 0.6) is 0 Å². The monoisotopic (exact) mass is 481 g/mol. The minimum Gasteiger partial charge on any atom is -0.212 e. The van der Waals surface area contributed by atoms with E-state index in [9.17, 15) is 0 Å². The van der Waals surface area contributed by atoms with Gasteiger partial charge in [0.25, 0.3) is 0 Å². The van der Waals surface area contributed by atoms with Gasteiger partial charge < -0.3 is 0 Å². The predicted molar refractivity (Wildman–Crippen MR) is 135 cm³/mol. The molecule has 0 amide bonds. The second-order valence-electron chi connectivity index (χ2n) is 8.23. The van der Waals surface area contributed by atoms with Crippen LogP contribution >= 0.6 is 15.9 Å². The number of aromatic nitrogens is 3. The van der Waals surface area contributed by atoms with Gasteiger partial charge >= 0.3 is 0 Å². The highest BCUT2D eigenvalue weighted by molar-refractivity contribution is 9.11. The molecular formula is C28H24BrN3. The van der Waals surface area contributed by atoms with Gasteiger partial charge in [0.15, 0.2) is 11.6 Å². The Balaban J connectivity index is 1.62. The van der Waals surface area contributed by atoms with Gasteiger partial charge in [-0.15, -0.1) is 0 Å². The smallest absolute Gasteiger partial charge is 0.163 e. The number of rotatable bonds is 4. The fraction of sp³-hybridized carbons (Fsp3) is 0.179. The summed E-state index contributed by atoms with van der Waals surface area (Å²) < 4.78 is 1.24. The van der Waals surface area contributed by atoms with E-state index in [1.165, 1.54) is 15.6 Å². The molecular weight excluding hydrogens is 458 g/mol. The summed E-state index contributed by atoms with van der Waals surface area (Å²) in [5, 5.41) is 0. The molecule has 4 heteroatoms. The van der Waals surface area contributed by atoms with Crippen molar-refractivity contribution in [3.05, 3.63) is 107 Å². The van der Waals surface area contributed by atoms with Crippen molar-refractivity contribution in [1.29, 1.82) is 0 Å². The normalized spacial score (nSPS) is 20.1. The van der Waals surface area contributed by atoms with Crippen molar-refractivity contribution in [2.24, 2.45) is 5.92 Å². The number of halogens is 1. The molecule has 5 rings (SSSR count). The van der Waals surface area contributed by atoms with E-state index < -0.39 is 0 Å². The molecule has 0 saturated heterocycles. The van der Waals surface area contributed by atoms with Crippen LogP contribution in [0.3, 0.4) is 0 Å². The average molecular weight is 482 g/mol.